The molecule has 3 aromatic carbocycles. The van der Waals surface area contributed by atoms with Gasteiger partial charge >= 0.3 is 0 Å². The number of hydrogen-bond donors (Lipinski definition) is 0. The van der Waals surface area contributed by atoms with Crippen LogP contribution >= 0.6 is 23.2 Å². The Kier molecular flexibility index (Phi) is 5.73. The topological polar surface area (TPSA) is 15.6 Å². The minimum Gasteiger partial charge on any atom is -0.344 e. The number of likely N-dealkylation sites (N-methyl/N-ethyl adjacent to an activating group) is 1. The summed E-state index contributed by atoms with van der Waals surface area (Å²) in [4.78, 5) is 7.29. The lowest BCUT2D eigenvalue weighted by atomic mass is 9.83. The molecule has 0 spiro atoms. The largest absolute Gasteiger partial charge is 0.344 e. The van der Waals surface area contributed by atoms with Crippen LogP contribution in [-0.2, 0) is 5.41 Å². The first-order chi connectivity index (χ1) is 14.4. The third-order valence-corrected chi connectivity index (χ3v) is 6.32. The molecule has 0 amide bonds. The molecule has 4 heteroatoms. The van der Waals surface area contributed by atoms with E-state index in [4.69, 9.17) is 28.2 Å². The van der Waals surface area contributed by atoms with Gasteiger partial charge in [-0.1, -0.05) is 85.6 Å². The average Bonchev–Trinajstić information content (AvgIpc) is 2.95. The molecule has 1 heterocycles. The highest BCUT2D eigenvalue weighted by Crippen LogP contribution is 2.50. The van der Waals surface area contributed by atoms with Gasteiger partial charge in [0.1, 0.15) is 0 Å². The summed E-state index contributed by atoms with van der Waals surface area (Å²) in [7, 11) is 0. The standard InChI is InChI=1S/C26H24Cl2N2/c1-4-30-24-16-22(28)21(27)15-20(24)26(2,3)25(30)17-23(18-11-7-5-8-12-18)29-19-13-9-6-10-14-19/h5-17H,4H2,1-3H3/b25-17-,29-23?. The number of fused-ring (bicyclic) bond motifs is 1. The fraction of sp³-hybridized carbons (Fsp3) is 0.192. The number of rotatable bonds is 4. The number of anilines is 1. The van der Waals surface area contributed by atoms with Gasteiger partial charge in [0, 0.05) is 28.9 Å². The Labute approximate surface area is 188 Å². The van der Waals surface area contributed by atoms with E-state index in [-0.39, 0.29) is 5.41 Å². The molecule has 0 N–H and O–H groups in total. The third-order valence-electron chi connectivity index (χ3n) is 5.60. The molecule has 0 fully saturated rings. The lowest BCUT2D eigenvalue weighted by molar-refractivity contribution is 0.634. The summed E-state index contributed by atoms with van der Waals surface area (Å²) in [6.45, 7) is 7.43. The van der Waals surface area contributed by atoms with Gasteiger partial charge in [-0.25, -0.2) is 4.99 Å². The van der Waals surface area contributed by atoms with Crippen molar-refractivity contribution in [2.45, 2.75) is 26.2 Å². The molecule has 1 aliphatic heterocycles. The van der Waals surface area contributed by atoms with E-state index in [9.17, 15) is 0 Å². The highest BCUT2D eigenvalue weighted by Gasteiger charge is 2.40. The van der Waals surface area contributed by atoms with E-state index in [1.54, 1.807) is 0 Å². The quantitative estimate of drug-likeness (QED) is 0.382. The second-order valence-electron chi connectivity index (χ2n) is 7.88. The molecule has 0 saturated heterocycles. The number of allylic oxidation sites excluding steroid dienone is 2. The van der Waals surface area contributed by atoms with Crippen molar-refractivity contribution in [2.75, 3.05) is 11.4 Å². The molecule has 30 heavy (non-hydrogen) atoms. The maximum atomic E-state index is 6.37. The normalized spacial score (nSPS) is 16.8. The van der Waals surface area contributed by atoms with Crippen LogP contribution in [0.5, 0.6) is 0 Å². The van der Waals surface area contributed by atoms with Crippen molar-refractivity contribution in [3.8, 4) is 0 Å². The summed E-state index contributed by atoms with van der Waals surface area (Å²) in [6, 6.07) is 24.3. The summed E-state index contributed by atoms with van der Waals surface area (Å²) in [5.74, 6) is 0. The molecule has 4 rings (SSSR count). The van der Waals surface area contributed by atoms with Gasteiger partial charge in [0.15, 0.2) is 0 Å². The van der Waals surface area contributed by atoms with Crippen LogP contribution in [-0.4, -0.2) is 12.3 Å². The molecular formula is C26H24Cl2N2. The Bertz CT molecular complexity index is 1120. The molecule has 0 bridgehead atoms. The van der Waals surface area contributed by atoms with Crippen molar-refractivity contribution in [2.24, 2.45) is 4.99 Å². The molecule has 0 aromatic heterocycles. The maximum absolute atomic E-state index is 6.37. The van der Waals surface area contributed by atoms with Gasteiger partial charge in [0.25, 0.3) is 0 Å². The Morgan fingerprint density at radius 2 is 1.53 bits per heavy atom. The van der Waals surface area contributed by atoms with E-state index in [1.807, 2.05) is 60.7 Å². The first-order valence-electron chi connectivity index (χ1n) is 10.1. The second kappa shape index (κ2) is 8.29. The van der Waals surface area contributed by atoms with E-state index in [0.29, 0.717) is 10.0 Å². The van der Waals surface area contributed by atoms with Gasteiger partial charge in [-0.2, -0.15) is 0 Å². The van der Waals surface area contributed by atoms with Gasteiger partial charge in [-0.05, 0) is 42.8 Å². The van der Waals surface area contributed by atoms with E-state index in [1.165, 1.54) is 11.3 Å². The van der Waals surface area contributed by atoms with E-state index >= 15 is 0 Å². The summed E-state index contributed by atoms with van der Waals surface area (Å²) in [5.41, 5.74) is 6.16. The number of nitrogens with zero attached hydrogens (tertiary/aromatic N) is 2. The summed E-state index contributed by atoms with van der Waals surface area (Å²) in [5, 5.41) is 1.16. The van der Waals surface area contributed by atoms with E-state index in [0.717, 1.165) is 29.2 Å². The molecule has 0 aliphatic carbocycles. The molecular weight excluding hydrogens is 411 g/mol. The van der Waals surface area contributed by atoms with Gasteiger partial charge in [0.05, 0.1) is 21.4 Å². The highest BCUT2D eigenvalue weighted by molar-refractivity contribution is 6.42. The molecule has 0 saturated carbocycles. The zero-order chi connectivity index (χ0) is 21.3. The van der Waals surface area contributed by atoms with Crippen LogP contribution in [0.4, 0.5) is 11.4 Å². The molecule has 152 valence electrons. The smallest absolute Gasteiger partial charge is 0.0726 e. The van der Waals surface area contributed by atoms with Crippen LogP contribution < -0.4 is 4.90 Å². The molecule has 2 nitrogen and oxygen atoms in total. The summed E-state index contributed by atoms with van der Waals surface area (Å²) < 4.78 is 0. The first kappa shape index (κ1) is 20.7. The van der Waals surface area contributed by atoms with Crippen molar-refractivity contribution in [3.63, 3.8) is 0 Å². The minimum atomic E-state index is -0.230. The zero-order valence-electron chi connectivity index (χ0n) is 17.4. The second-order valence-corrected chi connectivity index (χ2v) is 8.70. The number of para-hydroxylation sites is 1. The van der Waals surface area contributed by atoms with Crippen LogP contribution in [0.1, 0.15) is 31.9 Å². The first-order valence-corrected chi connectivity index (χ1v) is 10.9. The third kappa shape index (κ3) is 3.78. The zero-order valence-corrected chi connectivity index (χ0v) is 18.9. The van der Waals surface area contributed by atoms with Crippen molar-refractivity contribution >= 4 is 40.3 Å². The van der Waals surface area contributed by atoms with Crippen LogP contribution in [0.3, 0.4) is 0 Å². The van der Waals surface area contributed by atoms with Crippen LogP contribution in [0, 0.1) is 0 Å². The highest BCUT2D eigenvalue weighted by atomic mass is 35.5. The van der Waals surface area contributed by atoms with Crippen molar-refractivity contribution in [3.05, 3.63) is 106 Å². The number of halogens is 2. The monoisotopic (exact) mass is 434 g/mol. The molecule has 1 aliphatic rings. The van der Waals surface area contributed by atoms with Gasteiger partial charge in [-0.3, -0.25) is 0 Å². The van der Waals surface area contributed by atoms with Crippen molar-refractivity contribution in [1.29, 1.82) is 0 Å². The fourth-order valence-electron chi connectivity index (χ4n) is 4.02. The number of aliphatic imine (C=N–C) groups is 1. The Balaban J connectivity index is 1.90. The average molecular weight is 435 g/mol. The lowest BCUT2D eigenvalue weighted by Crippen LogP contribution is -2.27. The Morgan fingerprint density at radius 3 is 2.17 bits per heavy atom. The minimum absolute atomic E-state index is 0.230. The van der Waals surface area contributed by atoms with E-state index in [2.05, 4.69) is 43.9 Å². The predicted octanol–water partition coefficient (Wildman–Crippen LogP) is 7.82. The fourth-order valence-corrected chi connectivity index (χ4v) is 4.35. The van der Waals surface area contributed by atoms with Crippen LogP contribution in [0.2, 0.25) is 10.0 Å². The van der Waals surface area contributed by atoms with E-state index < -0.39 is 0 Å². The number of hydrogen-bond acceptors (Lipinski definition) is 2. The molecule has 0 radical (unpaired) electrons. The predicted molar refractivity (Wildman–Crippen MR) is 130 cm³/mol. The molecule has 0 atom stereocenters. The summed E-state index contributed by atoms with van der Waals surface area (Å²) >= 11 is 12.7. The van der Waals surface area contributed by atoms with Crippen LogP contribution in [0.15, 0.2) is 89.6 Å². The SMILES string of the molecule is CCN1/C(=C\C(=Nc2ccccc2)c2ccccc2)C(C)(C)c2cc(Cl)c(Cl)cc21. The maximum Gasteiger partial charge on any atom is 0.0726 e. The lowest BCUT2D eigenvalue weighted by Gasteiger charge is -2.26. The van der Waals surface area contributed by atoms with Crippen molar-refractivity contribution < 1.29 is 0 Å². The Morgan fingerprint density at radius 1 is 0.933 bits per heavy atom. The summed E-state index contributed by atoms with van der Waals surface area (Å²) in [6.07, 6.45) is 2.20. The van der Waals surface area contributed by atoms with Gasteiger partial charge in [-0.15, -0.1) is 0 Å². The van der Waals surface area contributed by atoms with Crippen molar-refractivity contribution in [1.82, 2.24) is 0 Å². The molecule has 0 unspecified atom stereocenters. The Hall–Kier alpha value is -2.55. The number of benzene rings is 3. The molecule has 3 aromatic rings. The van der Waals surface area contributed by atoms with Gasteiger partial charge < -0.3 is 4.90 Å². The van der Waals surface area contributed by atoms with Gasteiger partial charge in [0.2, 0.25) is 0 Å². The van der Waals surface area contributed by atoms with Crippen LogP contribution in [0.25, 0.3) is 0 Å².